The maximum absolute atomic E-state index is 13.3. The predicted octanol–water partition coefficient (Wildman–Crippen LogP) is 4.07. The summed E-state index contributed by atoms with van der Waals surface area (Å²) in [6.07, 6.45) is 3.71. The van der Waals surface area contributed by atoms with E-state index in [0.29, 0.717) is 17.7 Å². The fraction of sp³-hybridized carbons (Fsp3) is 0.600. The van der Waals surface area contributed by atoms with Crippen molar-refractivity contribution in [2.45, 2.75) is 39.2 Å². The van der Waals surface area contributed by atoms with Crippen LogP contribution in [-0.2, 0) is 0 Å². The summed E-state index contributed by atoms with van der Waals surface area (Å²) < 4.78 is 18.3. The van der Waals surface area contributed by atoms with Gasteiger partial charge in [-0.2, -0.15) is 0 Å². The number of benzene rings is 1. The quantitative estimate of drug-likeness (QED) is 0.874. The first-order valence-corrected chi connectivity index (χ1v) is 6.70. The lowest BCUT2D eigenvalue weighted by Gasteiger charge is -2.33. The maximum atomic E-state index is 13.3. The van der Waals surface area contributed by atoms with E-state index in [2.05, 4.69) is 19.2 Å². The third-order valence-corrected chi connectivity index (χ3v) is 3.93. The molecule has 1 aliphatic rings. The van der Waals surface area contributed by atoms with Crippen molar-refractivity contribution in [3.05, 3.63) is 24.0 Å². The Kier molecular flexibility index (Phi) is 4.10. The van der Waals surface area contributed by atoms with E-state index in [4.69, 9.17) is 4.74 Å². The molecule has 1 aromatic carbocycles. The van der Waals surface area contributed by atoms with Crippen LogP contribution in [0.5, 0.6) is 5.75 Å². The van der Waals surface area contributed by atoms with Gasteiger partial charge in [0.15, 0.2) is 11.6 Å². The van der Waals surface area contributed by atoms with Crippen LogP contribution in [0, 0.1) is 17.7 Å². The normalized spacial score (nSPS) is 27.9. The number of hydrogen-bond donors (Lipinski definition) is 1. The third-order valence-electron chi connectivity index (χ3n) is 3.93. The number of nitrogens with one attached hydrogen (secondary N) is 1. The van der Waals surface area contributed by atoms with Crippen LogP contribution in [0.1, 0.15) is 33.1 Å². The van der Waals surface area contributed by atoms with Gasteiger partial charge in [-0.25, -0.2) is 4.39 Å². The van der Waals surface area contributed by atoms with Crippen molar-refractivity contribution in [3.8, 4) is 5.75 Å². The van der Waals surface area contributed by atoms with Crippen LogP contribution in [0.4, 0.5) is 10.1 Å². The van der Waals surface area contributed by atoms with Gasteiger partial charge in [-0.3, -0.25) is 0 Å². The van der Waals surface area contributed by atoms with E-state index >= 15 is 0 Å². The lowest BCUT2D eigenvalue weighted by molar-refractivity contribution is 0.276. The van der Waals surface area contributed by atoms with Gasteiger partial charge in [0.2, 0.25) is 0 Å². The van der Waals surface area contributed by atoms with Gasteiger partial charge in [-0.1, -0.05) is 13.8 Å². The fourth-order valence-electron chi connectivity index (χ4n) is 2.84. The minimum absolute atomic E-state index is 0.303. The van der Waals surface area contributed by atoms with Gasteiger partial charge in [0.1, 0.15) is 0 Å². The Morgan fingerprint density at radius 3 is 2.72 bits per heavy atom. The van der Waals surface area contributed by atoms with E-state index in [1.807, 2.05) is 0 Å². The number of halogens is 1. The van der Waals surface area contributed by atoms with Gasteiger partial charge in [0.25, 0.3) is 0 Å². The van der Waals surface area contributed by atoms with E-state index in [9.17, 15) is 4.39 Å². The van der Waals surface area contributed by atoms with E-state index in [-0.39, 0.29) is 5.82 Å². The second-order valence-corrected chi connectivity index (χ2v) is 5.50. The van der Waals surface area contributed by atoms with Crippen molar-refractivity contribution in [1.82, 2.24) is 0 Å². The Morgan fingerprint density at radius 2 is 2.06 bits per heavy atom. The van der Waals surface area contributed by atoms with Crippen molar-refractivity contribution in [3.63, 3.8) is 0 Å². The number of ether oxygens (including phenoxy) is 1. The lowest BCUT2D eigenvalue weighted by atomic mass is 9.80. The third kappa shape index (κ3) is 2.95. The molecule has 3 unspecified atom stereocenters. The molecule has 1 aromatic rings. The molecule has 100 valence electrons. The van der Waals surface area contributed by atoms with E-state index in [0.717, 1.165) is 11.6 Å². The average Bonchev–Trinajstić information content (AvgIpc) is 2.35. The lowest BCUT2D eigenvalue weighted by Crippen LogP contribution is -2.32. The van der Waals surface area contributed by atoms with Crippen LogP contribution >= 0.6 is 0 Å². The monoisotopic (exact) mass is 251 g/mol. The highest BCUT2D eigenvalue weighted by molar-refractivity contribution is 5.49. The van der Waals surface area contributed by atoms with Gasteiger partial charge >= 0.3 is 0 Å². The highest BCUT2D eigenvalue weighted by atomic mass is 19.1. The van der Waals surface area contributed by atoms with Crippen LogP contribution in [0.2, 0.25) is 0 Å². The van der Waals surface area contributed by atoms with Gasteiger partial charge in [0.05, 0.1) is 7.11 Å². The first kappa shape index (κ1) is 13.2. The largest absolute Gasteiger partial charge is 0.494 e. The Morgan fingerprint density at radius 1 is 1.28 bits per heavy atom. The molecule has 0 aliphatic heterocycles. The van der Waals surface area contributed by atoms with Crippen molar-refractivity contribution < 1.29 is 9.13 Å². The maximum Gasteiger partial charge on any atom is 0.165 e. The molecule has 0 heterocycles. The van der Waals surface area contributed by atoms with Crippen LogP contribution in [0.15, 0.2) is 18.2 Å². The molecule has 1 N–H and O–H groups in total. The highest BCUT2D eigenvalue weighted by Gasteiger charge is 2.25. The minimum atomic E-state index is -0.312. The van der Waals surface area contributed by atoms with Crippen LogP contribution in [0.3, 0.4) is 0 Å². The Bertz CT molecular complexity index is 407. The molecule has 0 radical (unpaired) electrons. The molecule has 1 fully saturated rings. The van der Waals surface area contributed by atoms with Gasteiger partial charge < -0.3 is 10.1 Å². The molecule has 0 aromatic heterocycles. The molecule has 0 spiro atoms. The molecule has 0 bridgehead atoms. The fourth-order valence-corrected chi connectivity index (χ4v) is 2.84. The van der Waals surface area contributed by atoms with Crippen molar-refractivity contribution in [1.29, 1.82) is 0 Å². The van der Waals surface area contributed by atoms with E-state index in [1.54, 1.807) is 12.1 Å². The molecular weight excluding hydrogens is 229 g/mol. The molecule has 1 aliphatic carbocycles. The van der Waals surface area contributed by atoms with Crippen LogP contribution in [0.25, 0.3) is 0 Å². The zero-order chi connectivity index (χ0) is 13.1. The SMILES string of the molecule is COc1cc(NC2CCC(C)CC2C)ccc1F. The molecular formula is C15H22FNO. The number of anilines is 1. The first-order valence-electron chi connectivity index (χ1n) is 6.70. The molecule has 2 nitrogen and oxygen atoms in total. The standard InChI is InChI=1S/C15H22FNO/c1-10-4-7-14(11(2)8-10)17-12-5-6-13(16)15(9-12)18-3/h5-6,9-11,14,17H,4,7-8H2,1-3H3. The summed E-state index contributed by atoms with van der Waals surface area (Å²) >= 11 is 0. The Hall–Kier alpha value is -1.25. The molecule has 3 atom stereocenters. The minimum Gasteiger partial charge on any atom is -0.494 e. The molecule has 1 saturated carbocycles. The Balaban J connectivity index is 2.05. The molecule has 2 rings (SSSR count). The van der Waals surface area contributed by atoms with Gasteiger partial charge in [-0.05, 0) is 43.2 Å². The van der Waals surface area contributed by atoms with Crippen molar-refractivity contribution in [2.75, 3.05) is 12.4 Å². The second-order valence-electron chi connectivity index (χ2n) is 5.50. The topological polar surface area (TPSA) is 21.3 Å². The Labute approximate surface area is 109 Å². The predicted molar refractivity (Wildman–Crippen MR) is 72.5 cm³/mol. The zero-order valence-corrected chi connectivity index (χ0v) is 11.4. The summed E-state index contributed by atoms with van der Waals surface area (Å²) in [5.74, 6) is 1.47. The van der Waals surface area contributed by atoms with E-state index < -0.39 is 0 Å². The second kappa shape index (κ2) is 5.59. The summed E-state index contributed by atoms with van der Waals surface area (Å²) in [5.41, 5.74) is 0.944. The van der Waals surface area contributed by atoms with Crippen LogP contribution < -0.4 is 10.1 Å². The zero-order valence-electron chi connectivity index (χ0n) is 11.4. The molecule has 0 amide bonds. The summed E-state index contributed by atoms with van der Waals surface area (Å²) in [7, 11) is 1.49. The number of methoxy groups -OCH3 is 1. The van der Waals surface area contributed by atoms with Crippen molar-refractivity contribution in [2.24, 2.45) is 11.8 Å². The summed E-state index contributed by atoms with van der Waals surface area (Å²) in [5, 5.41) is 3.51. The molecule has 18 heavy (non-hydrogen) atoms. The summed E-state index contributed by atoms with van der Waals surface area (Å²) in [6, 6.07) is 5.45. The van der Waals surface area contributed by atoms with Gasteiger partial charge in [-0.15, -0.1) is 0 Å². The number of hydrogen-bond acceptors (Lipinski definition) is 2. The number of rotatable bonds is 3. The first-order chi connectivity index (χ1) is 8.60. The van der Waals surface area contributed by atoms with Crippen LogP contribution in [-0.4, -0.2) is 13.2 Å². The van der Waals surface area contributed by atoms with E-state index in [1.165, 1.54) is 32.4 Å². The smallest absolute Gasteiger partial charge is 0.165 e. The molecule has 3 heteroatoms. The van der Waals surface area contributed by atoms with Crippen molar-refractivity contribution >= 4 is 5.69 Å². The van der Waals surface area contributed by atoms with Gasteiger partial charge in [0, 0.05) is 17.8 Å². The average molecular weight is 251 g/mol. The summed E-state index contributed by atoms with van der Waals surface area (Å²) in [4.78, 5) is 0. The molecule has 0 saturated heterocycles. The highest BCUT2D eigenvalue weighted by Crippen LogP contribution is 2.31. The summed E-state index contributed by atoms with van der Waals surface area (Å²) in [6.45, 7) is 4.60.